The normalized spacial score (nSPS) is 34.0. The molecule has 0 aromatic heterocycles. The molecule has 0 aliphatic heterocycles. The smallest absolute Gasteiger partial charge is 0.0667 e. The summed E-state index contributed by atoms with van der Waals surface area (Å²) in [4.78, 5) is 0. The van der Waals surface area contributed by atoms with Crippen molar-refractivity contribution in [2.24, 2.45) is 11.7 Å². The molecule has 0 aromatic carbocycles. The summed E-state index contributed by atoms with van der Waals surface area (Å²) in [6, 6.07) is 0. The summed E-state index contributed by atoms with van der Waals surface area (Å²) in [5.41, 5.74) is 6.09. The third kappa shape index (κ3) is 3.74. The van der Waals surface area contributed by atoms with Crippen molar-refractivity contribution >= 4 is 0 Å². The molecule has 0 heterocycles. The minimum Gasteiger partial charge on any atom is -0.380 e. The first-order valence-corrected chi connectivity index (χ1v) is 6.10. The van der Waals surface area contributed by atoms with Crippen molar-refractivity contribution < 1.29 is 4.74 Å². The van der Waals surface area contributed by atoms with Crippen LogP contribution in [-0.2, 0) is 4.74 Å². The predicted octanol–water partition coefficient (Wildman–Crippen LogP) is 1.52. The fourth-order valence-electron chi connectivity index (χ4n) is 2.21. The summed E-state index contributed by atoms with van der Waals surface area (Å²) in [5.74, 6) is 0.867. The summed E-state index contributed by atoms with van der Waals surface area (Å²) >= 11 is 0. The van der Waals surface area contributed by atoms with Crippen molar-refractivity contribution in [1.82, 2.24) is 5.32 Å². The second kappa shape index (κ2) is 5.83. The van der Waals surface area contributed by atoms with Gasteiger partial charge in [0.2, 0.25) is 0 Å². The van der Waals surface area contributed by atoms with Crippen molar-refractivity contribution in [3.63, 3.8) is 0 Å². The van der Waals surface area contributed by atoms with E-state index in [0.29, 0.717) is 0 Å². The number of nitrogens with one attached hydrogen (secondary N) is 1. The van der Waals surface area contributed by atoms with Gasteiger partial charge in [-0.25, -0.2) is 0 Å². The average molecular weight is 214 g/mol. The highest BCUT2D eigenvalue weighted by Gasteiger charge is 2.32. The van der Waals surface area contributed by atoms with Crippen LogP contribution in [0.15, 0.2) is 0 Å². The fraction of sp³-hybridized carbons (Fsp3) is 1.00. The van der Waals surface area contributed by atoms with Gasteiger partial charge in [0, 0.05) is 25.7 Å². The van der Waals surface area contributed by atoms with Crippen LogP contribution in [0.5, 0.6) is 0 Å². The highest BCUT2D eigenvalue weighted by Crippen LogP contribution is 2.31. The maximum atomic E-state index is 5.91. The highest BCUT2D eigenvalue weighted by atomic mass is 16.5. The molecule has 0 saturated heterocycles. The molecule has 0 aromatic rings. The third-order valence-corrected chi connectivity index (χ3v) is 3.79. The standard InChI is InChI=1S/C12H26N2O/c1-10-4-6-12(9-13,7-5-10)14-8-11(2)15-3/h10-11,14H,4-9,13H2,1-3H3. The number of hydrogen-bond donors (Lipinski definition) is 2. The van der Waals surface area contributed by atoms with Gasteiger partial charge in [0.25, 0.3) is 0 Å². The lowest BCUT2D eigenvalue weighted by molar-refractivity contribution is 0.0976. The lowest BCUT2D eigenvalue weighted by Gasteiger charge is -2.40. The second-order valence-electron chi connectivity index (χ2n) is 5.09. The Balaban J connectivity index is 2.39. The van der Waals surface area contributed by atoms with Crippen LogP contribution in [0.2, 0.25) is 0 Å². The molecule has 1 saturated carbocycles. The summed E-state index contributed by atoms with van der Waals surface area (Å²) < 4.78 is 5.25. The molecule has 1 aliphatic rings. The zero-order valence-electron chi connectivity index (χ0n) is 10.4. The first kappa shape index (κ1) is 12.9. The van der Waals surface area contributed by atoms with E-state index in [9.17, 15) is 0 Å². The Hall–Kier alpha value is -0.120. The number of methoxy groups -OCH3 is 1. The van der Waals surface area contributed by atoms with E-state index < -0.39 is 0 Å². The summed E-state index contributed by atoms with van der Waals surface area (Å²) in [5, 5.41) is 3.61. The molecule has 15 heavy (non-hydrogen) atoms. The Morgan fingerprint density at radius 3 is 2.53 bits per heavy atom. The molecule has 3 heteroatoms. The number of rotatable bonds is 5. The molecule has 1 unspecified atom stereocenters. The van der Waals surface area contributed by atoms with Crippen LogP contribution >= 0.6 is 0 Å². The van der Waals surface area contributed by atoms with E-state index in [2.05, 4.69) is 19.2 Å². The van der Waals surface area contributed by atoms with Gasteiger partial charge in [-0.1, -0.05) is 6.92 Å². The van der Waals surface area contributed by atoms with E-state index >= 15 is 0 Å². The SMILES string of the molecule is COC(C)CNC1(CN)CCC(C)CC1. The van der Waals surface area contributed by atoms with E-state index in [4.69, 9.17) is 10.5 Å². The Labute approximate surface area is 93.8 Å². The molecule has 0 spiro atoms. The quantitative estimate of drug-likeness (QED) is 0.729. The fourth-order valence-corrected chi connectivity index (χ4v) is 2.21. The van der Waals surface area contributed by atoms with Gasteiger partial charge in [0.05, 0.1) is 6.10 Å². The molecule has 0 bridgehead atoms. The van der Waals surface area contributed by atoms with Crippen molar-refractivity contribution in [3.8, 4) is 0 Å². The van der Waals surface area contributed by atoms with Crippen molar-refractivity contribution in [3.05, 3.63) is 0 Å². The Bertz CT molecular complexity index is 176. The Morgan fingerprint density at radius 1 is 1.47 bits per heavy atom. The van der Waals surface area contributed by atoms with Gasteiger partial charge in [0.15, 0.2) is 0 Å². The van der Waals surface area contributed by atoms with Crippen molar-refractivity contribution in [2.45, 2.75) is 51.2 Å². The van der Waals surface area contributed by atoms with Gasteiger partial charge in [-0.05, 0) is 38.5 Å². The van der Waals surface area contributed by atoms with Crippen molar-refractivity contribution in [1.29, 1.82) is 0 Å². The van der Waals surface area contributed by atoms with Crippen molar-refractivity contribution in [2.75, 3.05) is 20.2 Å². The first-order valence-electron chi connectivity index (χ1n) is 6.10. The van der Waals surface area contributed by atoms with E-state index in [-0.39, 0.29) is 11.6 Å². The topological polar surface area (TPSA) is 47.3 Å². The third-order valence-electron chi connectivity index (χ3n) is 3.79. The van der Waals surface area contributed by atoms with E-state index in [1.807, 2.05) is 0 Å². The molecule has 1 aliphatic carbocycles. The molecular weight excluding hydrogens is 188 g/mol. The maximum absolute atomic E-state index is 5.91. The Morgan fingerprint density at radius 2 is 2.07 bits per heavy atom. The molecule has 0 amide bonds. The molecule has 3 nitrogen and oxygen atoms in total. The molecule has 90 valence electrons. The molecular formula is C12H26N2O. The number of hydrogen-bond acceptors (Lipinski definition) is 3. The molecule has 1 rings (SSSR count). The monoisotopic (exact) mass is 214 g/mol. The maximum Gasteiger partial charge on any atom is 0.0667 e. The summed E-state index contributed by atoms with van der Waals surface area (Å²) in [7, 11) is 1.75. The number of ether oxygens (including phenoxy) is 1. The van der Waals surface area contributed by atoms with Crippen LogP contribution in [0, 0.1) is 5.92 Å². The van der Waals surface area contributed by atoms with Gasteiger partial charge in [-0.3, -0.25) is 0 Å². The molecule has 0 radical (unpaired) electrons. The largest absolute Gasteiger partial charge is 0.380 e. The first-order chi connectivity index (χ1) is 7.12. The summed E-state index contributed by atoms with van der Waals surface area (Å²) in [6.07, 6.45) is 5.28. The van der Waals surface area contributed by atoms with E-state index in [1.165, 1.54) is 25.7 Å². The van der Waals surface area contributed by atoms with Crippen LogP contribution in [0.1, 0.15) is 39.5 Å². The van der Waals surface area contributed by atoms with Crippen LogP contribution in [0.25, 0.3) is 0 Å². The molecule has 1 atom stereocenters. The van der Waals surface area contributed by atoms with Crippen LogP contribution in [0.3, 0.4) is 0 Å². The van der Waals surface area contributed by atoms with Gasteiger partial charge in [0.1, 0.15) is 0 Å². The summed E-state index contributed by atoms with van der Waals surface area (Å²) in [6.45, 7) is 6.07. The van der Waals surface area contributed by atoms with Gasteiger partial charge >= 0.3 is 0 Å². The zero-order chi connectivity index (χ0) is 11.3. The van der Waals surface area contributed by atoms with Gasteiger partial charge in [-0.2, -0.15) is 0 Å². The lowest BCUT2D eigenvalue weighted by Crippen LogP contribution is -2.55. The van der Waals surface area contributed by atoms with Crippen LogP contribution in [0.4, 0.5) is 0 Å². The highest BCUT2D eigenvalue weighted by molar-refractivity contribution is 4.93. The predicted molar refractivity (Wildman–Crippen MR) is 63.9 cm³/mol. The zero-order valence-corrected chi connectivity index (χ0v) is 10.4. The van der Waals surface area contributed by atoms with Crippen LogP contribution in [-0.4, -0.2) is 31.8 Å². The lowest BCUT2D eigenvalue weighted by atomic mass is 9.77. The minimum absolute atomic E-state index is 0.180. The minimum atomic E-state index is 0.180. The second-order valence-corrected chi connectivity index (χ2v) is 5.09. The van der Waals surface area contributed by atoms with Gasteiger partial charge < -0.3 is 15.8 Å². The Kier molecular flexibility index (Phi) is 5.03. The van der Waals surface area contributed by atoms with E-state index in [0.717, 1.165) is 19.0 Å². The number of nitrogens with two attached hydrogens (primary N) is 1. The van der Waals surface area contributed by atoms with Gasteiger partial charge in [-0.15, -0.1) is 0 Å². The average Bonchev–Trinajstić information content (AvgIpc) is 2.28. The molecule has 1 fully saturated rings. The van der Waals surface area contributed by atoms with Crippen LogP contribution < -0.4 is 11.1 Å². The van der Waals surface area contributed by atoms with E-state index in [1.54, 1.807) is 7.11 Å². The molecule has 3 N–H and O–H groups in total.